The first kappa shape index (κ1) is 24.5. The van der Waals surface area contributed by atoms with E-state index in [2.05, 4.69) is 0 Å². The molecule has 10 heteroatoms. The lowest BCUT2D eigenvalue weighted by Crippen LogP contribution is -2.40. The largest absolute Gasteiger partial charge is 0.504 e. The highest BCUT2D eigenvalue weighted by Crippen LogP contribution is 2.29. The molecule has 36 heavy (non-hydrogen) atoms. The van der Waals surface area contributed by atoms with Crippen molar-refractivity contribution < 1.29 is 29.2 Å². The molecule has 4 aromatic rings. The minimum absolute atomic E-state index is 0.0365. The van der Waals surface area contributed by atoms with E-state index in [0.29, 0.717) is 34.1 Å². The number of phenols is 2. The number of methoxy groups -OCH3 is 4. The number of hydrogen-bond acceptors (Lipinski definition) is 8. The molecule has 0 aliphatic heterocycles. The van der Waals surface area contributed by atoms with Gasteiger partial charge in [0.15, 0.2) is 11.5 Å². The smallest absolute Gasteiger partial charge is 0.332 e. The molecule has 0 radical (unpaired) electrons. The van der Waals surface area contributed by atoms with E-state index in [0.717, 1.165) is 10.6 Å². The van der Waals surface area contributed by atoms with Gasteiger partial charge in [0.1, 0.15) is 23.0 Å². The molecule has 0 saturated carbocycles. The fraction of sp³-hybridized carbons (Fsp3) is 0.231. The Morgan fingerprint density at radius 2 is 1.03 bits per heavy atom. The Kier molecular flexibility index (Phi) is 6.77. The van der Waals surface area contributed by atoms with Crippen molar-refractivity contribution in [2.75, 3.05) is 28.4 Å². The van der Waals surface area contributed by atoms with E-state index < -0.39 is 22.7 Å². The van der Waals surface area contributed by atoms with Crippen LogP contribution in [0.3, 0.4) is 0 Å². The first-order valence-electron chi connectivity index (χ1n) is 10.9. The summed E-state index contributed by atoms with van der Waals surface area (Å²) >= 11 is 0. The molecule has 1 aromatic heterocycles. The van der Waals surface area contributed by atoms with E-state index in [1.165, 1.54) is 39.1 Å². The number of phenolic OH excluding ortho intramolecular Hbond substituents is 2. The summed E-state index contributed by atoms with van der Waals surface area (Å²) in [5, 5.41) is 20.3. The van der Waals surface area contributed by atoms with Crippen molar-refractivity contribution in [2.45, 2.75) is 13.1 Å². The van der Waals surface area contributed by atoms with Gasteiger partial charge in [-0.3, -0.25) is 13.9 Å². The Morgan fingerprint density at radius 1 is 0.611 bits per heavy atom. The normalized spacial score (nSPS) is 10.9. The summed E-state index contributed by atoms with van der Waals surface area (Å²) in [5.74, 6) is 1.14. The van der Waals surface area contributed by atoms with Gasteiger partial charge in [0.25, 0.3) is 5.56 Å². The molecule has 0 bridgehead atoms. The predicted octanol–water partition coefficient (Wildman–Crippen LogP) is 2.71. The molecule has 0 unspecified atom stereocenters. The molecule has 0 aliphatic carbocycles. The first-order chi connectivity index (χ1) is 17.3. The molecule has 188 valence electrons. The van der Waals surface area contributed by atoms with Crippen LogP contribution in [0, 0.1) is 0 Å². The van der Waals surface area contributed by atoms with Crippen molar-refractivity contribution in [3.05, 3.63) is 80.5 Å². The minimum atomic E-state index is -0.619. The summed E-state index contributed by atoms with van der Waals surface area (Å²) in [4.78, 5) is 27.1. The fourth-order valence-corrected chi connectivity index (χ4v) is 4.01. The Morgan fingerprint density at radius 3 is 1.47 bits per heavy atom. The second-order valence-electron chi connectivity index (χ2n) is 8.06. The highest BCUT2D eigenvalue weighted by Gasteiger charge is 2.18. The number of nitrogens with zero attached hydrogens (tertiary/aromatic N) is 2. The summed E-state index contributed by atoms with van der Waals surface area (Å²) in [6.45, 7) is -0.0426. The molecular weight excluding hydrogens is 468 g/mol. The van der Waals surface area contributed by atoms with Crippen molar-refractivity contribution in [3.63, 3.8) is 0 Å². The zero-order valence-corrected chi connectivity index (χ0v) is 20.3. The van der Waals surface area contributed by atoms with E-state index in [4.69, 9.17) is 18.9 Å². The fourth-order valence-electron chi connectivity index (χ4n) is 4.01. The van der Waals surface area contributed by atoms with Crippen LogP contribution in [0.25, 0.3) is 10.9 Å². The van der Waals surface area contributed by atoms with Crippen molar-refractivity contribution in [1.82, 2.24) is 9.13 Å². The van der Waals surface area contributed by atoms with Crippen LogP contribution in [0.5, 0.6) is 34.5 Å². The standard InChI is InChI=1S/C26H26N2O8/c1-33-17-5-15(6-18(9-17)34-2)13-27-22-12-24(30)23(29)11-21(22)25(31)28(26(27)32)14-16-7-19(35-3)10-20(8-16)36-4/h5-12,29-30H,13-14H2,1-4H3. The Hall–Kier alpha value is -4.60. The van der Waals surface area contributed by atoms with Gasteiger partial charge in [-0.1, -0.05) is 0 Å². The summed E-state index contributed by atoms with van der Waals surface area (Å²) in [6, 6.07) is 12.6. The predicted molar refractivity (Wildman–Crippen MR) is 133 cm³/mol. The van der Waals surface area contributed by atoms with Gasteiger partial charge in [0, 0.05) is 18.2 Å². The van der Waals surface area contributed by atoms with E-state index >= 15 is 0 Å². The van der Waals surface area contributed by atoms with E-state index in [1.54, 1.807) is 36.4 Å². The molecule has 2 N–H and O–H groups in total. The molecule has 0 fully saturated rings. The lowest BCUT2D eigenvalue weighted by molar-refractivity contribution is 0.393. The van der Waals surface area contributed by atoms with Crippen molar-refractivity contribution in [2.24, 2.45) is 0 Å². The average molecular weight is 495 g/mol. The van der Waals surface area contributed by atoms with Crippen LogP contribution in [-0.4, -0.2) is 47.8 Å². The average Bonchev–Trinajstić information content (AvgIpc) is 2.89. The molecule has 1 heterocycles. The molecular formula is C26H26N2O8. The highest BCUT2D eigenvalue weighted by atomic mass is 16.5. The maximum atomic E-state index is 13.7. The molecule has 10 nitrogen and oxygen atoms in total. The second kappa shape index (κ2) is 9.95. The van der Waals surface area contributed by atoms with Gasteiger partial charge in [-0.15, -0.1) is 0 Å². The zero-order valence-electron chi connectivity index (χ0n) is 20.3. The molecule has 0 amide bonds. The van der Waals surface area contributed by atoms with Crippen molar-refractivity contribution in [3.8, 4) is 34.5 Å². The van der Waals surface area contributed by atoms with E-state index in [1.807, 2.05) is 0 Å². The third-order valence-electron chi connectivity index (χ3n) is 5.82. The van der Waals surface area contributed by atoms with E-state index in [-0.39, 0.29) is 24.0 Å². The Labute approximate surface area is 206 Å². The van der Waals surface area contributed by atoms with Gasteiger partial charge in [-0.05, 0) is 41.5 Å². The summed E-state index contributed by atoms with van der Waals surface area (Å²) < 4.78 is 23.7. The lowest BCUT2D eigenvalue weighted by Gasteiger charge is -2.16. The molecule has 0 spiro atoms. The van der Waals surface area contributed by atoms with Crippen LogP contribution in [0.4, 0.5) is 0 Å². The van der Waals surface area contributed by atoms with E-state index in [9.17, 15) is 19.8 Å². The topological polar surface area (TPSA) is 121 Å². The van der Waals surface area contributed by atoms with Gasteiger partial charge in [-0.2, -0.15) is 0 Å². The maximum Gasteiger partial charge on any atom is 0.332 e. The number of fused-ring (bicyclic) bond motifs is 1. The number of benzene rings is 3. The van der Waals surface area contributed by atoms with Crippen LogP contribution >= 0.6 is 0 Å². The quantitative estimate of drug-likeness (QED) is 0.359. The Bertz CT molecular complexity index is 1510. The number of ether oxygens (including phenoxy) is 4. The van der Waals surface area contributed by atoms with Gasteiger partial charge >= 0.3 is 5.69 Å². The lowest BCUT2D eigenvalue weighted by atomic mass is 10.1. The van der Waals surface area contributed by atoms with Crippen LogP contribution < -0.4 is 30.2 Å². The first-order valence-corrected chi connectivity index (χ1v) is 10.9. The molecule has 0 atom stereocenters. The second-order valence-corrected chi connectivity index (χ2v) is 8.06. The van der Waals surface area contributed by atoms with Gasteiger partial charge < -0.3 is 29.2 Å². The van der Waals surface area contributed by atoms with Crippen molar-refractivity contribution >= 4 is 10.9 Å². The molecule has 0 aliphatic rings. The summed E-state index contributed by atoms with van der Waals surface area (Å²) in [5.41, 5.74) is 0.201. The van der Waals surface area contributed by atoms with Crippen LogP contribution in [0.2, 0.25) is 0 Å². The van der Waals surface area contributed by atoms with Crippen LogP contribution in [-0.2, 0) is 13.1 Å². The number of hydrogen-bond donors (Lipinski definition) is 2. The zero-order chi connectivity index (χ0) is 26.0. The van der Waals surface area contributed by atoms with Crippen LogP contribution in [0.15, 0.2) is 58.1 Å². The van der Waals surface area contributed by atoms with Gasteiger partial charge in [-0.25, -0.2) is 4.79 Å². The third-order valence-corrected chi connectivity index (χ3v) is 5.82. The Balaban J connectivity index is 1.94. The number of aromatic nitrogens is 2. The molecule has 3 aromatic carbocycles. The SMILES string of the molecule is COc1cc(Cn2c(=O)c3cc(O)c(O)cc3n(Cc3cc(OC)cc(OC)c3)c2=O)cc(OC)c1. The van der Waals surface area contributed by atoms with Crippen LogP contribution in [0.1, 0.15) is 11.1 Å². The maximum absolute atomic E-state index is 13.7. The number of rotatable bonds is 8. The van der Waals surface area contributed by atoms with Gasteiger partial charge in [0.05, 0.1) is 52.4 Å². The molecule has 4 rings (SSSR count). The number of aromatic hydroxyl groups is 2. The highest BCUT2D eigenvalue weighted by molar-refractivity contribution is 5.82. The summed E-state index contributed by atoms with van der Waals surface area (Å²) in [7, 11) is 6.05. The monoisotopic (exact) mass is 494 g/mol. The molecule has 0 saturated heterocycles. The minimum Gasteiger partial charge on any atom is -0.504 e. The third kappa shape index (κ3) is 4.65. The van der Waals surface area contributed by atoms with Gasteiger partial charge in [0.2, 0.25) is 0 Å². The summed E-state index contributed by atoms with van der Waals surface area (Å²) in [6.07, 6.45) is 0. The van der Waals surface area contributed by atoms with Crippen molar-refractivity contribution in [1.29, 1.82) is 0 Å².